The van der Waals surface area contributed by atoms with E-state index in [0.29, 0.717) is 0 Å². The average molecular weight is 241 g/mol. The molecule has 3 amide bonds. The van der Waals surface area contributed by atoms with Gasteiger partial charge in [0, 0.05) is 12.1 Å². The number of hydrogen-bond donors (Lipinski definition) is 3. The van der Waals surface area contributed by atoms with Gasteiger partial charge in [-0.05, 0) is 12.1 Å². The number of urea groups is 1. The quantitative estimate of drug-likeness (QED) is 0.681. The molecule has 1 aromatic rings. The Morgan fingerprint density at radius 3 is 2.71 bits per heavy atom. The van der Waals surface area contributed by atoms with Gasteiger partial charge in [-0.3, -0.25) is 10.1 Å². The lowest BCUT2D eigenvalue weighted by atomic mass is 10.2. The molecule has 0 radical (unpaired) electrons. The topological polar surface area (TPSA) is 107 Å². The number of rotatable bonds is 4. The van der Waals surface area contributed by atoms with Gasteiger partial charge in [-0.15, -0.1) is 0 Å². The Morgan fingerprint density at radius 1 is 1.41 bits per heavy atom. The molecule has 0 saturated carbocycles. The van der Waals surface area contributed by atoms with Crippen LogP contribution in [0, 0.1) is 5.82 Å². The molecule has 0 aromatic heterocycles. The molecule has 92 valence electrons. The summed E-state index contributed by atoms with van der Waals surface area (Å²) in [6.07, 6.45) is 0. The van der Waals surface area contributed by atoms with Crippen LogP contribution < -0.4 is 21.5 Å². The average Bonchev–Trinajstić information content (AvgIpc) is 2.25. The van der Waals surface area contributed by atoms with Gasteiger partial charge < -0.3 is 16.2 Å². The number of nitrogens with two attached hydrogens (primary N) is 2. The van der Waals surface area contributed by atoms with Crippen LogP contribution >= 0.6 is 0 Å². The van der Waals surface area contributed by atoms with Crippen molar-refractivity contribution in [3.63, 3.8) is 0 Å². The largest absolute Gasteiger partial charge is 0.483 e. The molecule has 0 bridgehead atoms. The lowest BCUT2D eigenvalue weighted by Gasteiger charge is -2.10. The first-order valence-corrected chi connectivity index (χ1v) is 4.74. The molecule has 7 heteroatoms. The zero-order valence-electron chi connectivity index (χ0n) is 8.90. The minimum Gasteiger partial charge on any atom is -0.483 e. The monoisotopic (exact) mass is 241 g/mol. The summed E-state index contributed by atoms with van der Waals surface area (Å²) in [5.74, 6) is -1.07. The van der Waals surface area contributed by atoms with E-state index in [2.05, 4.69) is 0 Å². The molecule has 17 heavy (non-hydrogen) atoms. The summed E-state index contributed by atoms with van der Waals surface area (Å²) in [6, 6.07) is 3.16. The van der Waals surface area contributed by atoms with Crippen molar-refractivity contribution in [3.8, 4) is 5.75 Å². The highest BCUT2D eigenvalue weighted by molar-refractivity contribution is 5.94. The van der Waals surface area contributed by atoms with E-state index in [4.69, 9.17) is 16.2 Å². The predicted molar refractivity (Wildman–Crippen MR) is 57.5 cm³/mol. The van der Waals surface area contributed by atoms with E-state index >= 15 is 0 Å². The summed E-state index contributed by atoms with van der Waals surface area (Å²) >= 11 is 0. The third-order valence-corrected chi connectivity index (χ3v) is 1.90. The van der Waals surface area contributed by atoms with Crippen molar-refractivity contribution in [3.05, 3.63) is 29.6 Å². The molecule has 0 fully saturated rings. The second kappa shape index (κ2) is 5.80. The fourth-order valence-corrected chi connectivity index (χ4v) is 1.19. The van der Waals surface area contributed by atoms with Gasteiger partial charge in [0.2, 0.25) is 0 Å². The summed E-state index contributed by atoms with van der Waals surface area (Å²) in [4.78, 5) is 21.4. The van der Waals surface area contributed by atoms with Crippen molar-refractivity contribution in [1.29, 1.82) is 0 Å². The van der Waals surface area contributed by atoms with Crippen molar-refractivity contribution >= 4 is 11.9 Å². The zero-order valence-corrected chi connectivity index (χ0v) is 8.90. The summed E-state index contributed by atoms with van der Waals surface area (Å²) < 4.78 is 18.3. The molecule has 0 spiro atoms. The molecule has 1 aromatic carbocycles. The number of carbonyl (C=O) groups excluding carboxylic acids is 2. The van der Waals surface area contributed by atoms with E-state index in [1.807, 2.05) is 5.32 Å². The number of ether oxygens (including phenoxy) is 1. The smallest absolute Gasteiger partial charge is 0.318 e. The Balaban J connectivity index is 2.66. The lowest BCUT2D eigenvalue weighted by molar-refractivity contribution is -0.121. The molecule has 1 rings (SSSR count). The zero-order chi connectivity index (χ0) is 12.8. The minimum atomic E-state index is -0.975. The molecular formula is C10H12FN3O3. The Hall–Kier alpha value is -2.15. The Bertz CT molecular complexity index is 437. The minimum absolute atomic E-state index is 0.0561. The molecule has 0 aliphatic rings. The van der Waals surface area contributed by atoms with Crippen molar-refractivity contribution in [2.24, 2.45) is 11.5 Å². The summed E-state index contributed by atoms with van der Waals surface area (Å²) in [6.45, 7) is -0.501. The summed E-state index contributed by atoms with van der Waals surface area (Å²) in [7, 11) is 0. The molecule has 0 atom stereocenters. The number of benzene rings is 1. The second-order valence-corrected chi connectivity index (χ2v) is 3.12. The number of hydrogen-bond acceptors (Lipinski definition) is 4. The highest BCUT2D eigenvalue weighted by Gasteiger charge is 2.10. The third-order valence-electron chi connectivity index (χ3n) is 1.90. The van der Waals surface area contributed by atoms with Crippen LogP contribution in [0.5, 0.6) is 5.75 Å². The van der Waals surface area contributed by atoms with Crippen molar-refractivity contribution < 1.29 is 18.7 Å². The molecule has 5 N–H and O–H groups in total. The van der Waals surface area contributed by atoms with E-state index in [1.165, 1.54) is 18.2 Å². The van der Waals surface area contributed by atoms with Crippen LogP contribution in [0.25, 0.3) is 0 Å². The van der Waals surface area contributed by atoms with Crippen LogP contribution in [-0.4, -0.2) is 18.5 Å². The van der Waals surface area contributed by atoms with Crippen LogP contribution in [0.15, 0.2) is 18.2 Å². The molecule has 0 unspecified atom stereocenters. The maximum Gasteiger partial charge on any atom is 0.318 e. The van der Waals surface area contributed by atoms with Crippen molar-refractivity contribution in [2.45, 2.75) is 6.54 Å². The van der Waals surface area contributed by atoms with E-state index in [1.54, 1.807) is 0 Å². The second-order valence-electron chi connectivity index (χ2n) is 3.12. The van der Waals surface area contributed by atoms with Gasteiger partial charge in [-0.2, -0.15) is 0 Å². The van der Waals surface area contributed by atoms with Crippen LogP contribution in [0.2, 0.25) is 0 Å². The summed E-state index contributed by atoms with van der Waals surface area (Å²) in [5.41, 5.74) is 10.2. The molecule has 0 heterocycles. The lowest BCUT2D eigenvalue weighted by Crippen LogP contribution is -2.38. The first-order valence-electron chi connectivity index (χ1n) is 4.74. The maximum absolute atomic E-state index is 13.3. The number of primary amides is 1. The number of imide groups is 1. The number of nitrogens with one attached hydrogen (secondary N) is 1. The Kier molecular flexibility index (Phi) is 4.41. The first-order chi connectivity index (χ1) is 8.04. The van der Waals surface area contributed by atoms with Crippen LogP contribution in [-0.2, 0) is 11.3 Å². The predicted octanol–water partition coefficient (Wildman–Crippen LogP) is -0.142. The SMILES string of the molecule is NCc1c(F)cccc1OCC(=O)NC(N)=O. The molecule has 0 aliphatic carbocycles. The van der Waals surface area contributed by atoms with Crippen LogP contribution in [0.3, 0.4) is 0 Å². The third kappa shape index (κ3) is 3.72. The van der Waals surface area contributed by atoms with Gasteiger partial charge in [-0.1, -0.05) is 6.07 Å². The highest BCUT2D eigenvalue weighted by atomic mass is 19.1. The highest BCUT2D eigenvalue weighted by Crippen LogP contribution is 2.20. The number of halogens is 1. The number of amides is 3. The Labute approximate surface area is 96.7 Å². The van der Waals surface area contributed by atoms with Gasteiger partial charge in [0.1, 0.15) is 11.6 Å². The molecule has 0 aliphatic heterocycles. The van der Waals surface area contributed by atoms with E-state index in [0.717, 1.165) is 0 Å². The van der Waals surface area contributed by atoms with Crippen LogP contribution in [0.4, 0.5) is 9.18 Å². The molecule has 6 nitrogen and oxygen atoms in total. The van der Waals surface area contributed by atoms with E-state index < -0.39 is 24.4 Å². The van der Waals surface area contributed by atoms with Crippen molar-refractivity contribution in [1.82, 2.24) is 5.32 Å². The molecular weight excluding hydrogens is 229 g/mol. The van der Waals surface area contributed by atoms with Crippen molar-refractivity contribution in [2.75, 3.05) is 6.61 Å². The van der Waals surface area contributed by atoms with Crippen LogP contribution in [0.1, 0.15) is 5.56 Å². The fraction of sp³-hybridized carbons (Fsp3) is 0.200. The molecule has 0 saturated heterocycles. The Morgan fingerprint density at radius 2 is 2.12 bits per heavy atom. The standard InChI is InChI=1S/C10H12FN3O3/c11-7-2-1-3-8(6(7)4-12)17-5-9(15)14-10(13)16/h1-3H,4-5,12H2,(H3,13,14,15,16). The normalized spacial score (nSPS) is 9.76. The van der Waals surface area contributed by atoms with Gasteiger partial charge in [0.25, 0.3) is 5.91 Å². The van der Waals surface area contributed by atoms with Gasteiger partial charge >= 0.3 is 6.03 Å². The van der Waals surface area contributed by atoms with E-state index in [9.17, 15) is 14.0 Å². The maximum atomic E-state index is 13.3. The van der Waals surface area contributed by atoms with Gasteiger partial charge in [-0.25, -0.2) is 9.18 Å². The van der Waals surface area contributed by atoms with E-state index in [-0.39, 0.29) is 17.9 Å². The van der Waals surface area contributed by atoms with Gasteiger partial charge in [0.05, 0.1) is 0 Å². The van der Waals surface area contributed by atoms with Gasteiger partial charge in [0.15, 0.2) is 6.61 Å². The summed E-state index contributed by atoms with van der Waals surface area (Å²) in [5, 5.41) is 1.82. The fourth-order valence-electron chi connectivity index (χ4n) is 1.19. The first kappa shape index (κ1) is 12.9. The number of carbonyl (C=O) groups is 2.